The number of rotatable bonds is 10. The first-order chi connectivity index (χ1) is 13.7. The highest BCUT2D eigenvalue weighted by Gasteiger charge is 2.09. The van der Waals surface area contributed by atoms with Crippen LogP contribution in [0.3, 0.4) is 0 Å². The maximum atomic E-state index is 5.63. The summed E-state index contributed by atoms with van der Waals surface area (Å²) in [7, 11) is 1.67. The van der Waals surface area contributed by atoms with E-state index in [-0.39, 0.29) is 0 Å². The molecule has 0 saturated heterocycles. The van der Waals surface area contributed by atoms with Gasteiger partial charge in [0, 0.05) is 30.6 Å². The number of methoxy groups -OCH3 is 1. The molecule has 0 atom stereocenters. The highest BCUT2D eigenvalue weighted by atomic mass is 16.5. The molecule has 0 saturated carbocycles. The number of ether oxygens (including phenoxy) is 1. The molecule has 3 aromatic rings. The van der Waals surface area contributed by atoms with Gasteiger partial charge in [-0.25, -0.2) is 9.97 Å². The number of hydrogen-bond donors (Lipinski definition) is 3. The molecule has 0 aliphatic heterocycles. The Morgan fingerprint density at radius 3 is 2.57 bits per heavy atom. The van der Waals surface area contributed by atoms with Gasteiger partial charge in [-0.2, -0.15) is 0 Å². The lowest BCUT2D eigenvalue weighted by atomic mass is 10.1. The van der Waals surface area contributed by atoms with E-state index >= 15 is 0 Å². The number of benzene rings is 1. The summed E-state index contributed by atoms with van der Waals surface area (Å²) in [5.74, 6) is 2.55. The fraction of sp³-hybridized carbons (Fsp3) is 0.318. The predicted octanol–water partition coefficient (Wildman–Crippen LogP) is 3.63. The molecule has 147 valence electrons. The molecule has 2 heterocycles. The lowest BCUT2D eigenvalue weighted by Gasteiger charge is -2.13. The maximum Gasteiger partial charge on any atom is 0.135 e. The summed E-state index contributed by atoms with van der Waals surface area (Å²) in [5, 5.41) is 7.72. The van der Waals surface area contributed by atoms with Crippen LogP contribution in [0.4, 0.5) is 11.6 Å². The van der Waals surface area contributed by atoms with Crippen molar-refractivity contribution in [2.75, 3.05) is 37.4 Å². The van der Waals surface area contributed by atoms with Crippen molar-refractivity contribution >= 4 is 22.5 Å². The van der Waals surface area contributed by atoms with Crippen LogP contribution in [0.5, 0.6) is 5.75 Å². The molecule has 0 aliphatic rings. The van der Waals surface area contributed by atoms with Crippen molar-refractivity contribution in [3.05, 3.63) is 60.6 Å². The fourth-order valence-corrected chi connectivity index (χ4v) is 2.98. The summed E-state index contributed by atoms with van der Waals surface area (Å²) in [6.07, 6.45) is 2.43. The molecule has 0 spiro atoms. The van der Waals surface area contributed by atoms with Gasteiger partial charge in [-0.15, -0.1) is 0 Å². The van der Waals surface area contributed by atoms with E-state index in [4.69, 9.17) is 20.4 Å². The Morgan fingerprint density at radius 1 is 1.04 bits per heavy atom. The van der Waals surface area contributed by atoms with E-state index in [0.29, 0.717) is 6.54 Å². The van der Waals surface area contributed by atoms with E-state index < -0.39 is 0 Å². The maximum absolute atomic E-state index is 5.63. The third-order valence-corrected chi connectivity index (χ3v) is 4.44. The lowest BCUT2D eigenvalue weighted by Crippen LogP contribution is -2.11. The zero-order valence-electron chi connectivity index (χ0n) is 16.4. The van der Waals surface area contributed by atoms with E-state index in [2.05, 4.69) is 41.8 Å². The van der Waals surface area contributed by atoms with Gasteiger partial charge >= 0.3 is 0 Å². The van der Waals surface area contributed by atoms with E-state index in [1.165, 1.54) is 5.56 Å². The van der Waals surface area contributed by atoms with Gasteiger partial charge < -0.3 is 21.1 Å². The minimum Gasteiger partial charge on any atom is -0.497 e. The normalized spacial score (nSPS) is 10.8. The Balaban J connectivity index is 1.92. The molecule has 0 aliphatic carbocycles. The summed E-state index contributed by atoms with van der Waals surface area (Å²) in [4.78, 5) is 9.62. The largest absolute Gasteiger partial charge is 0.497 e. The van der Waals surface area contributed by atoms with E-state index in [9.17, 15) is 0 Å². The Bertz CT molecular complexity index is 895. The Labute approximate surface area is 166 Å². The summed E-state index contributed by atoms with van der Waals surface area (Å²) < 4.78 is 5.24. The van der Waals surface area contributed by atoms with Crippen molar-refractivity contribution in [2.24, 2.45) is 5.73 Å². The van der Waals surface area contributed by atoms with Gasteiger partial charge in [0.25, 0.3) is 0 Å². The zero-order chi connectivity index (χ0) is 19.8. The lowest BCUT2D eigenvalue weighted by molar-refractivity contribution is 0.414. The first-order valence-electron chi connectivity index (χ1n) is 9.64. The van der Waals surface area contributed by atoms with E-state index in [1.54, 1.807) is 7.11 Å². The van der Waals surface area contributed by atoms with Gasteiger partial charge in [-0.3, -0.25) is 0 Å². The number of nitrogens with zero attached hydrogens (tertiary/aromatic N) is 2. The summed E-state index contributed by atoms with van der Waals surface area (Å²) in [5.41, 5.74) is 8.69. The first-order valence-corrected chi connectivity index (χ1v) is 9.64. The highest BCUT2D eigenvalue weighted by Crippen LogP contribution is 2.25. The molecule has 0 fully saturated rings. The molecule has 4 N–H and O–H groups in total. The van der Waals surface area contributed by atoms with Gasteiger partial charge in [-0.1, -0.05) is 19.1 Å². The third kappa shape index (κ3) is 5.10. The van der Waals surface area contributed by atoms with Crippen LogP contribution >= 0.6 is 0 Å². The standard InChI is InChI=1S/C22H28N5O/c1-3-12-24-21-10-9-19-20(27-21)15-17(26-22(19)25-13-4-11-23)14-16-5-7-18(28-2)8-6-16/h5-10,15H,1,3-4,11-14,23H2,2H3,(H,24,27)(H,25,26). The van der Waals surface area contributed by atoms with Crippen molar-refractivity contribution in [1.82, 2.24) is 9.97 Å². The molecule has 6 nitrogen and oxygen atoms in total. The zero-order valence-corrected chi connectivity index (χ0v) is 16.4. The molecule has 1 radical (unpaired) electrons. The van der Waals surface area contributed by atoms with Gasteiger partial charge in [-0.05, 0) is 55.3 Å². The summed E-state index contributed by atoms with van der Waals surface area (Å²) in [6, 6.07) is 14.2. The molecular weight excluding hydrogens is 350 g/mol. The SMILES string of the molecule is [CH2]CCNc1ccc2c(NCCCN)nc(Cc3ccc(OC)cc3)cc2n1. The molecule has 6 heteroatoms. The van der Waals surface area contributed by atoms with Gasteiger partial charge in [0.1, 0.15) is 17.4 Å². The number of hydrogen-bond acceptors (Lipinski definition) is 6. The number of aromatic nitrogens is 2. The van der Waals surface area contributed by atoms with Crippen LogP contribution in [0, 0.1) is 6.92 Å². The molecule has 3 rings (SSSR count). The predicted molar refractivity (Wildman–Crippen MR) is 116 cm³/mol. The second-order valence-corrected chi connectivity index (χ2v) is 6.60. The van der Waals surface area contributed by atoms with Crippen LogP contribution in [0.2, 0.25) is 0 Å². The molecule has 2 aromatic heterocycles. The van der Waals surface area contributed by atoms with Crippen molar-refractivity contribution in [1.29, 1.82) is 0 Å². The Morgan fingerprint density at radius 2 is 1.86 bits per heavy atom. The molecule has 0 unspecified atom stereocenters. The van der Waals surface area contributed by atoms with Crippen LogP contribution in [0.15, 0.2) is 42.5 Å². The van der Waals surface area contributed by atoms with Crippen LogP contribution in [-0.4, -0.2) is 36.7 Å². The molecule has 0 amide bonds. The van der Waals surface area contributed by atoms with Crippen LogP contribution in [-0.2, 0) is 6.42 Å². The monoisotopic (exact) mass is 378 g/mol. The molecular formula is C22H28N5O. The third-order valence-electron chi connectivity index (χ3n) is 4.44. The second-order valence-electron chi connectivity index (χ2n) is 6.60. The van der Waals surface area contributed by atoms with Crippen LogP contribution in [0.1, 0.15) is 24.1 Å². The average molecular weight is 379 g/mol. The topological polar surface area (TPSA) is 85.1 Å². The molecule has 1 aromatic carbocycles. The number of pyridine rings is 2. The number of anilines is 2. The number of nitrogens with one attached hydrogen (secondary N) is 2. The number of fused-ring (bicyclic) bond motifs is 1. The minimum atomic E-state index is 0.647. The summed E-state index contributed by atoms with van der Waals surface area (Å²) >= 11 is 0. The van der Waals surface area contributed by atoms with Crippen molar-refractivity contribution < 1.29 is 4.74 Å². The van der Waals surface area contributed by atoms with Crippen LogP contribution < -0.4 is 21.1 Å². The first kappa shape index (κ1) is 19.9. The van der Waals surface area contributed by atoms with Crippen molar-refractivity contribution in [3.8, 4) is 5.75 Å². The second kappa shape index (κ2) is 9.90. The van der Waals surface area contributed by atoms with Gasteiger partial charge in [0.05, 0.1) is 12.6 Å². The molecule has 28 heavy (non-hydrogen) atoms. The van der Waals surface area contributed by atoms with E-state index in [0.717, 1.165) is 66.3 Å². The quantitative estimate of drug-likeness (QED) is 0.467. The van der Waals surface area contributed by atoms with Crippen molar-refractivity contribution in [3.63, 3.8) is 0 Å². The highest BCUT2D eigenvalue weighted by molar-refractivity contribution is 5.90. The molecule has 0 bridgehead atoms. The van der Waals surface area contributed by atoms with Gasteiger partial charge in [0.2, 0.25) is 0 Å². The number of nitrogens with two attached hydrogens (primary N) is 1. The minimum absolute atomic E-state index is 0.647. The van der Waals surface area contributed by atoms with Gasteiger partial charge in [0.15, 0.2) is 0 Å². The van der Waals surface area contributed by atoms with Crippen molar-refractivity contribution in [2.45, 2.75) is 19.3 Å². The van der Waals surface area contributed by atoms with E-state index in [1.807, 2.05) is 18.2 Å². The van der Waals surface area contributed by atoms with Crippen LogP contribution in [0.25, 0.3) is 10.9 Å². The summed E-state index contributed by atoms with van der Waals surface area (Å²) in [6.45, 7) is 6.09. The Hall–Kier alpha value is -2.86. The Kier molecular flexibility index (Phi) is 7.03. The smallest absolute Gasteiger partial charge is 0.135 e. The average Bonchev–Trinajstić information content (AvgIpc) is 2.72. The fourth-order valence-electron chi connectivity index (χ4n) is 2.98.